The molecule has 0 radical (unpaired) electrons. The van der Waals surface area contributed by atoms with E-state index in [0.29, 0.717) is 5.75 Å². The zero-order chi connectivity index (χ0) is 15.4. The minimum Gasteiger partial charge on any atom is -0.503 e. The minimum absolute atomic E-state index is 0.260. The predicted molar refractivity (Wildman–Crippen MR) is 89.7 cm³/mol. The number of benzene rings is 3. The molecule has 0 atom stereocenters. The van der Waals surface area contributed by atoms with Crippen molar-refractivity contribution in [1.82, 2.24) is 0 Å². The van der Waals surface area contributed by atoms with Crippen molar-refractivity contribution in [3.8, 4) is 11.5 Å². The van der Waals surface area contributed by atoms with E-state index in [-0.39, 0.29) is 5.75 Å². The molecule has 0 aliphatic carbocycles. The molecule has 3 aromatic carbocycles. The van der Waals surface area contributed by atoms with Crippen LogP contribution in [0.2, 0.25) is 0 Å². The topological polar surface area (TPSA) is 29.5 Å². The van der Waals surface area contributed by atoms with Gasteiger partial charge in [0.2, 0.25) is 4.90 Å². The van der Waals surface area contributed by atoms with E-state index >= 15 is 0 Å². The molecule has 0 fully saturated rings. The minimum atomic E-state index is -0.413. The average molecular weight is 309 g/mol. The van der Waals surface area contributed by atoms with Crippen LogP contribution in [0.1, 0.15) is 0 Å². The Hall–Kier alpha value is -2.39. The fraction of sp³-hybridized carbons (Fsp3) is 0.0526. The van der Waals surface area contributed by atoms with Gasteiger partial charge in [0.25, 0.3) is 0 Å². The van der Waals surface area contributed by atoms with Crippen molar-refractivity contribution in [1.29, 1.82) is 0 Å². The van der Waals surface area contributed by atoms with Gasteiger partial charge in [-0.05, 0) is 36.4 Å². The molecule has 2 nitrogen and oxygen atoms in total. The molecule has 0 aliphatic heterocycles. The Balaban J connectivity index is 2.24. The average Bonchev–Trinajstić information content (AvgIpc) is 2.58. The number of phenols is 1. The normalized spacial score (nSPS) is 10.6. The SMILES string of the molecule is COc1cccc(O)c1[S+](c1ccccc1)c1ccccc1. The number of ether oxygens (including phenoxy) is 1. The molecule has 0 saturated heterocycles. The number of aromatic hydroxyl groups is 1. The summed E-state index contributed by atoms with van der Waals surface area (Å²) in [7, 11) is 1.22. The second-order valence-corrected chi connectivity index (χ2v) is 6.70. The first kappa shape index (κ1) is 14.5. The summed E-state index contributed by atoms with van der Waals surface area (Å²) in [5.41, 5.74) is 0. The highest BCUT2D eigenvalue weighted by molar-refractivity contribution is 7.97. The molecular weight excluding hydrogens is 292 g/mol. The summed E-state index contributed by atoms with van der Waals surface area (Å²) in [4.78, 5) is 3.12. The van der Waals surface area contributed by atoms with Gasteiger partial charge in [-0.1, -0.05) is 42.5 Å². The van der Waals surface area contributed by atoms with Crippen molar-refractivity contribution < 1.29 is 9.84 Å². The maximum atomic E-state index is 10.4. The lowest BCUT2D eigenvalue weighted by Crippen LogP contribution is -2.06. The number of methoxy groups -OCH3 is 1. The molecule has 0 spiro atoms. The van der Waals surface area contributed by atoms with Crippen molar-refractivity contribution in [3.63, 3.8) is 0 Å². The predicted octanol–water partition coefficient (Wildman–Crippen LogP) is 4.50. The number of hydrogen-bond donors (Lipinski definition) is 1. The molecule has 3 rings (SSSR count). The van der Waals surface area contributed by atoms with E-state index in [1.54, 1.807) is 19.2 Å². The highest BCUT2D eigenvalue weighted by atomic mass is 32.2. The van der Waals surface area contributed by atoms with E-state index in [1.807, 2.05) is 42.5 Å². The lowest BCUT2D eigenvalue weighted by Gasteiger charge is -2.12. The van der Waals surface area contributed by atoms with Crippen LogP contribution >= 0.6 is 0 Å². The van der Waals surface area contributed by atoms with E-state index in [4.69, 9.17) is 4.74 Å². The van der Waals surface area contributed by atoms with E-state index in [0.717, 1.165) is 14.7 Å². The Morgan fingerprint density at radius 1 is 0.727 bits per heavy atom. The zero-order valence-corrected chi connectivity index (χ0v) is 13.1. The summed E-state index contributed by atoms with van der Waals surface area (Å²) >= 11 is 0. The summed E-state index contributed by atoms with van der Waals surface area (Å²) in [6, 6.07) is 25.8. The molecule has 22 heavy (non-hydrogen) atoms. The Labute approximate surface area is 133 Å². The first-order valence-electron chi connectivity index (χ1n) is 7.01. The molecule has 0 aromatic heterocycles. The maximum absolute atomic E-state index is 10.4. The van der Waals surface area contributed by atoms with Crippen molar-refractivity contribution in [3.05, 3.63) is 78.9 Å². The monoisotopic (exact) mass is 309 g/mol. The first-order valence-corrected chi connectivity index (χ1v) is 8.24. The zero-order valence-electron chi connectivity index (χ0n) is 12.3. The number of rotatable bonds is 4. The van der Waals surface area contributed by atoms with Crippen molar-refractivity contribution in [2.45, 2.75) is 14.7 Å². The van der Waals surface area contributed by atoms with Crippen molar-refractivity contribution in [2.24, 2.45) is 0 Å². The molecule has 3 heteroatoms. The smallest absolute Gasteiger partial charge is 0.249 e. The van der Waals surface area contributed by atoms with Gasteiger partial charge in [-0.3, -0.25) is 0 Å². The third-order valence-corrected chi connectivity index (χ3v) is 5.65. The van der Waals surface area contributed by atoms with Gasteiger partial charge in [-0.15, -0.1) is 0 Å². The lowest BCUT2D eigenvalue weighted by molar-refractivity contribution is 0.391. The van der Waals surface area contributed by atoms with Crippen LogP contribution in [0.25, 0.3) is 0 Å². The van der Waals surface area contributed by atoms with E-state index in [9.17, 15) is 5.11 Å². The highest BCUT2D eigenvalue weighted by Gasteiger charge is 2.34. The van der Waals surface area contributed by atoms with E-state index < -0.39 is 10.9 Å². The lowest BCUT2D eigenvalue weighted by atomic mass is 10.3. The van der Waals surface area contributed by atoms with Crippen LogP contribution in [-0.4, -0.2) is 12.2 Å². The first-order chi connectivity index (χ1) is 10.8. The second-order valence-electron chi connectivity index (χ2n) is 4.74. The van der Waals surface area contributed by atoms with Crippen LogP contribution < -0.4 is 4.74 Å². The fourth-order valence-corrected chi connectivity index (χ4v) is 4.59. The Kier molecular flexibility index (Phi) is 4.35. The molecular formula is C19H17O2S+. The van der Waals surface area contributed by atoms with Gasteiger partial charge in [-0.2, -0.15) is 0 Å². The van der Waals surface area contributed by atoms with Gasteiger partial charge in [0, 0.05) is 0 Å². The molecule has 0 bridgehead atoms. The maximum Gasteiger partial charge on any atom is 0.249 e. The highest BCUT2D eigenvalue weighted by Crippen LogP contribution is 2.41. The van der Waals surface area contributed by atoms with Gasteiger partial charge >= 0.3 is 0 Å². The summed E-state index contributed by atoms with van der Waals surface area (Å²) in [5, 5.41) is 10.4. The molecule has 0 saturated carbocycles. The fourth-order valence-electron chi connectivity index (χ4n) is 2.36. The number of hydrogen-bond acceptors (Lipinski definition) is 2. The van der Waals surface area contributed by atoms with E-state index in [2.05, 4.69) is 24.3 Å². The third-order valence-electron chi connectivity index (χ3n) is 3.34. The molecule has 0 heterocycles. The van der Waals surface area contributed by atoms with Crippen molar-refractivity contribution >= 4 is 10.9 Å². The summed E-state index contributed by atoms with van der Waals surface area (Å²) in [6.07, 6.45) is 0. The van der Waals surface area contributed by atoms with Crippen LogP contribution in [0.4, 0.5) is 0 Å². The summed E-state index contributed by atoms with van der Waals surface area (Å²) < 4.78 is 5.50. The van der Waals surface area contributed by atoms with Gasteiger partial charge < -0.3 is 9.84 Å². The van der Waals surface area contributed by atoms with Crippen LogP contribution in [0.5, 0.6) is 11.5 Å². The van der Waals surface area contributed by atoms with Crippen LogP contribution in [0.3, 0.4) is 0 Å². The molecule has 0 unspecified atom stereocenters. The largest absolute Gasteiger partial charge is 0.503 e. The Bertz CT molecular complexity index is 702. The molecule has 0 amide bonds. The van der Waals surface area contributed by atoms with Crippen molar-refractivity contribution in [2.75, 3.05) is 7.11 Å². The molecule has 3 aromatic rings. The second kappa shape index (κ2) is 6.58. The summed E-state index contributed by atoms with van der Waals surface area (Å²) in [6.45, 7) is 0. The van der Waals surface area contributed by atoms with Gasteiger partial charge in [-0.25, -0.2) is 0 Å². The molecule has 1 N–H and O–H groups in total. The molecule has 0 aliphatic rings. The molecule has 110 valence electrons. The third kappa shape index (κ3) is 2.81. The van der Waals surface area contributed by atoms with Crippen LogP contribution in [0, 0.1) is 0 Å². The Morgan fingerprint density at radius 2 is 1.27 bits per heavy atom. The standard InChI is InChI=1S/C19H16O2S/c1-21-18-14-8-13-17(20)19(18)22(15-9-4-2-5-10-15)16-11-6-3-7-12-16/h2-14H,1H3/p+1. The van der Waals surface area contributed by atoms with Gasteiger partial charge in [0.05, 0.1) is 7.11 Å². The number of phenolic OH excluding ortho intramolecular Hbond substituents is 1. The quantitative estimate of drug-likeness (QED) is 0.719. The van der Waals surface area contributed by atoms with E-state index in [1.165, 1.54) is 0 Å². The van der Waals surface area contributed by atoms with Gasteiger partial charge in [0.15, 0.2) is 21.3 Å². The Morgan fingerprint density at radius 3 is 1.77 bits per heavy atom. The van der Waals surface area contributed by atoms with Crippen LogP contribution in [-0.2, 0) is 10.9 Å². The van der Waals surface area contributed by atoms with Gasteiger partial charge in [0.1, 0.15) is 10.9 Å². The summed E-state index contributed by atoms with van der Waals surface area (Å²) in [5.74, 6) is 0.964. The van der Waals surface area contributed by atoms with Crippen LogP contribution in [0.15, 0.2) is 93.5 Å².